The van der Waals surface area contributed by atoms with Crippen LogP contribution in [0.25, 0.3) is 27.8 Å². The number of imidazole rings is 1. The molecule has 1 N–H and O–H groups in total. The maximum atomic E-state index is 10.4. The molecule has 0 saturated carbocycles. The van der Waals surface area contributed by atoms with Crippen molar-refractivity contribution in [1.29, 1.82) is 0 Å². The smallest absolute Gasteiger partial charge is 0.156 e. The molecule has 0 unspecified atom stereocenters. The Morgan fingerprint density at radius 3 is 2.61 bits per heavy atom. The van der Waals surface area contributed by atoms with Gasteiger partial charge in [-0.1, -0.05) is 30.3 Å². The van der Waals surface area contributed by atoms with Crippen molar-refractivity contribution in [2.45, 2.75) is 0 Å². The van der Waals surface area contributed by atoms with Crippen LogP contribution in [0.2, 0.25) is 0 Å². The first kappa shape index (κ1) is 14.0. The van der Waals surface area contributed by atoms with E-state index >= 15 is 0 Å². The SMILES string of the molecule is Oc1c(Br)ccc2c(-n3ccnc3)cc(-c3ccccc3)nc12. The van der Waals surface area contributed by atoms with Crippen LogP contribution >= 0.6 is 15.9 Å². The minimum atomic E-state index is 0.140. The van der Waals surface area contributed by atoms with Crippen LogP contribution in [0.15, 0.2) is 71.7 Å². The second-order valence-corrected chi connectivity index (χ2v) is 6.01. The fourth-order valence-electron chi connectivity index (χ4n) is 2.61. The maximum Gasteiger partial charge on any atom is 0.156 e. The largest absolute Gasteiger partial charge is 0.505 e. The fraction of sp³-hybridized carbons (Fsp3) is 0. The zero-order chi connectivity index (χ0) is 15.8. The minimum Gasteiger partial charge on any atom is -0.505 e. The van der Waals surface area contributed by atoms with Crippen molar-refractivity contribution in [3.05, 3.63) is 71.7 Å². The predicted octanol–water partition coefficient (Wildman–Crippen LogP) is 4.56. The van der Waals surface area contributed by atoms with E-state index in [-0.39, 0.29) is 5.75 Å². The molecule has 4 aromatic rings. The van der Waals surface area contributed by atoms with Crippen molar-refractivity contribution >= 4 is 26.8 Å². The number of phenols is 1. The van der Waals surface area contributed by atoms with Gasteiger partial charge in [0.2, 0.25) is 0 Å². The number of fused-ring (bicyclic) bond motifs is 1. The van der Waals surface area contributed by atoms with Crippen molar-refractivity contribution < 1.29 is 5.11 Å². The molecular formula is C18H12BrN3O. The van der Waals surface area contributed by atoms with E-state index in [9.17, 15) is 5.11 Å². The van der Waals surface area contributed by atoms with Crippen molar-refractivity contribution in [2.24, 2.45) is 0 Å². The van der Waals surface area contributed by atoms with E-state index in [1.807, 2.05) is 59.3 Å². The predicted molar refractivity (Wildman–Crippen MR) is 93.7 cm³/mol. The second kappa shape index (κ2) is 5.52. The molecule has 0 aliphatic rings. The Kier molecular flexibility index (Phi) is 3.35. The molecule has 2 heterocycles. The summed E-state index contributed by atoms with van der Waals surface area (Å²) in [6.45, 7) is 0. The molecule has 0 spiro atoms. The summed E-state index contributed by atoms with van der Waals surface area (Å²) in [5.74, 6) is 0.140. The normalized spacial score (nSPS) is 11.0. The lowest BCUT2D eigenvalue weighted by Gasteiger charge is -2.12. The first-order valence-electron chi connectivity index (χ1n) is 7.10. The summed E-state index contributed by atoms with van der Waals surface area (Å²) >= 11 is 3.36. The number of pyridine rings is 1. The highest BCUT2D eigenvalue weighted by Crippen LogP contribution is 2.36. The van der Waals surface area contributed by atoms with Gasteiger partial charge in [0.05, 0.1) is 22.2 Å². The number of rotatable bonds is 2. The third kappa shape index (κ3) is 2.39. The third-order valence-electron chi connectivity index (χ3n) is 3.74. The number of phenolic OH excluding ortho intramolecular Hbond substituents is 1. The Bertz CT molecular complexity index is 982. The maximum absolute atomic E-state index is 10.4. The Morgan fingerprint density at radius 1 is 1.04 bits per heavy atom. The number of hydrogen-bond acceptors (Lipinski definition) is 3. The second-order valence-electron chi connectivity index (χ2n) is 5.15. The first-order valence-corrected chi connectivity index (χ1v) is 7.89. The molecule has 2 aromatic heterocycles. The van der Waals surface area contributed by atoms with E-state index < -0.39 is 0 Å². The molecule has 0 aliphatic carbocycles. The Morgan fingerprint density at radius 2 is 1.87 bits per heavy atom. The molecule has 0 radical (unpaired) electrons. The zero-order valence-electron chi connectivity index (χ0n) is 12.0. The van der Waals surface area contributed by atoms with Gasteiger partial charge in [-0.15, -0.1) is 0 Å². The average Bonchev–Trinajstić information content (AvgIpc) is 3.13. The molecular weight excluding hydrogens is 354 g/mol. The summed E-state index contributed by atoms with van der Waals surface area (Å²) in [7, 11) is 0. The van der Waals surface area contributed by atoms with Gasteiger partial charge in [-0.2, -0.15) is 0 Å². The van der Waals surface area contributed by atoms with Gasteiger partial charge in [0, 0.05) is 23.3 Å². The number of nitrogens with zero attached hydrogens (tertiary/aromatic N) is 3. The van der Waals surface area contributed by atoms with E-state index in [4.69, 9.17) is 0 Å². The topological polar surface area (TPSA) is 50.9 Å². The summed E-state index contributed by atoms with van der Waals surface area (Å²) < 4.78 is 2.54. The van der Waals surface area contributed by atoms with Gasteiger partial charge in [-0.25, -0.2) is 9.97 Å². The van der Waals surface area contributed by atoms with Gasteiger partial charge in [-0.05, 0) is 34.1 Å². The number of aromatic nitrogens is 3. The van der Waals surface area contributed by atoms with Gasteiger partial charge in [-0.3, -0.25) is 0 Å². The van der Waals surface area contributed by atoms with Crippen LogP contribution in [0.1, 0.15) is 0 Å². The van der Waals surface area contributed by atoms with Crippen LogP contribution in [-0.4, -0.2) is 19.6 Å². The quantitative estimate of drug-likeness (QED) is 0.566. The Hall–Kier alpha value is -2.66. The van der Waals surface area contributed by atoms with Gasteiger partial charge in [0.15, 0.2) is 5.75 Å². The third-order valence-corrected chi connectivity index (χ3v) is 4.38. The molecule has 2 aromatic carbocycles. The summed E-state index contributed by atoms with van der Waals surface area (Å²) in [5.41, 5.74) is 3.28. The Labute approximate surface area is 141 Å². The van der Waals surface area contributed by atoms with Crippen LogP contribution in [-0.2, 0) is 0 Å². The van der Waals surface area contributed by atoms with Gasteiger partial charge in [0.25, 0.3) is 0 Å². The number of aromatic hydroxyl groups is 1. The van der Waals surface area contributed by atoms with Crippen LogP contribution in [0.5, 0.6) is 5.75 Å². The highest BCUT2D eigenvalue weighted by molar-refractivity contribution is 9.10. The first-order chi connectivity index (χ1) is 11.2. The van der Waals surface area contributed by atoms with Crippen molar-refractivity contribution in [3.63, 3.8) is 0 Å². The fourth-order valence-corrected chi connectivity index (χ4v) is 2.93. The van der Waals surface area contributed by atoms with E-state index in [1.54, 1.807) is 12.5 Å². The molecule has 0 atom stereocenters. The molecule has 4 nitrogen and oxygen atoms in total. The van der Waals surface area contributed by atoms with E-state index in [2.05, 4.69) is 25.9 Å². The molecule has 5 heteroatoms. The number of halogens is 1. The Balaban J connectivity index is 2.09. The summed E-state index contributed by atoms with van der Waals surface area (Å²) in [4.78, 5) is 8.78. The summed E-state index contributed by atoms with van der Waals surface area (Å²) in [6, 6.07) is 15.7. The lowest BCUT2D eigenvalue weighted by atomic mass is 10.1. The summed E-state index contributed by atoms with van der Waals surface area (Å²) in [5, 5.41) is 11.3. The standard InChI is InChI=1S/C18H12BrN3O/c19-14-7-6-13-16(22-9-8-20-11-22)10-15(21-17(13)18(14)23)12-4-2-1-3-5-12/h1-11,23H. The van der Waals surface area contributed by atoms with E-state index in [0.717, 1.165) is 22.3 Å². The number of hydrogen-bond donors (Lipinski definition) is 1. The average molecular weight is 366 g/mol. The van der Waals surface area contributed by atoms with Crippen molar-refractivity contribution in [3.8, 4) is 22.7 Å². The summed E-state index contributed by atoms with van der Waals surface area (Å²) in [6.07, 6.45) is 5.35. The van der Waals surface area contributed by atoms with E-state index in [0.29, 0.717) is 9.99 Å². The highest BCUT2D eigenvalue weighted by Gasteiger charge is 2.13. The highest BCUT2D eigenvalue weighted by atomic mass is 79.9. The molecule has 0 amide bonds. The van der Waals surface area contributed by atoms with Gasteiger partial charge < -0.3 is 9.67 Å². The van der Waals surface area contributed by atoms with Crippen molar-refractivity contribution in [1.82, 2.24) is 14.5 Å². The minimum absolute atomic E-state index is 0.140. The molecule has 0 bridgehead atoms. The molecule has 0 aliphatic heterocycles. The zero-order valence-corrected chi connectivity index (χ0v) is 13.6. The van der Waals surface area contributed by atoms with Crippen LogP contribution in [0, 0.1) is 0 Å². The van der Waals surface area contributed by atoms with Crippen LogP contribution in [0.3, 0.4) is 0 Å². The van der Waals surface area contributed by atoms with Crippen LogP contribution < -0.4 is 0 Å². The molecule has 4 rings (SSSR count). The van der Waals surface area contributed by atoms with E-state index in [1.165, 1.54) is 0 Å². The van der Waals surface area contributed by atoms with Gasteiger partial charge in [0.1, 0.15) is 5.52 Å². The van der Waals surface area contributed by atoms with Crippen molar-refractivity contribution in [2.75, 3.05) is 0 Å². The lowest BCUT2D eigenvalue weighted by molar-refractivity contribution is 0.477. The molecule has 0 saturated heterocycles. The number of benzene rings is 2. The monoisotopic (exact) mass is 365 g/mol. The van der Waals surface area contributed by atoms with Gasteiger partial charge >= 0.3 is 0 Å². The molecule has 112 valence electrons. The van der Waals surface area contributed by atoms with Crippen LogP contribution in [0.4, 0.5) is 0 Å². The molecule has 23 heavy (non-hydrogen) atoms. The lowest BCUT2D eigenvalue weighted by Crippen LogP contribution is -1.96. The molecule has 0 fully saturated rings.